The molecule has 1 aromatic heterocycles. The van der Waals surface area contributed by atoms with Gasteiger partial charge in [0.15, 0.2) is 11.5 Å². The van der Waals surface area contributed by atoms with Crippen LogP contribution < -0.4 is 25.1 Å². The molecule has 0 unspecified atom stereocenters. The summed E-state index contributed by atoms with van der Waals surface area (Å²) in [6.07, 6.45) is -1.85. The minimum absolute atomic E-state index is 0.00944. The van der Waals surface area contributed by atoms with Crippen LogP contribution >= 0.6 is 11.6 Å². The molecule has 7 nitrogen and oxygen atoms in total. The van der Waals surface area contributed by atoms with E-state index in [0.29, 0.717) is 23.2 Å². The van der Waals surface area contributed by atoms with E-state index in [1.165, 1.54) is 43.6 Å². The molecule has 0 atom stereocenters. The smallest absolute Gasteiger partial charge is 0.490 e. The van der Waals surface area contributed by atoms with E-state index in [2.05, 4.69) is 19.8 Å². The van der Waals surface area contributed by atoms with E-state index in [4.69, 9.17) is 16.3 Å². The van der Waals surface area contributed by atoms with E-state index < -0.39 is 17.7 Å². The quantitative estimate of drug-likeness (QED) is 0.565. The number of nitrogens with zero attached hydrogens (tertiary/aromatic N) is 2. The van der Waals surface area contributed by atoms with Crippen LogP contribution in [0, 0.1) is 5.82 Å². The number of hydrogen-bond acceptors (Lipinski definition) is 6. The lowest BCUT2D eigenvalue weighted by molar-refractivity contribution is -0.286. The Bertz CT molecular complexity index is 1250. The van der Waals surface area contributed by atoms with Crippen molar-refractivity contribution in [3.8, 4) is 17.2 Å². The van der Waals surface area contributed by atoms with Crippen LogP contribution in [0.5, 0.6) is 17.2 Å². The second-order valence-electron chi connectivity index (χ2n) is 6.92. The Hall–Kier alpha value is -3.40. The van der Waals surface area contributed by atoms with Gasteiger partial charge in [-0.2, -0.15) is 4.98 Å². The summed E-state index contributed by atoms with van der Waals surface area (Å²) >= 11 is 5.87. The SMILES string of the molecule is CCc1cc2c(cc1Nc1nc(=O)c(OC)cn1Cc1ccc(F)c(Cl)c1)OC(F)(F)O2. The Morgan fingerprint density at radius 2 is 1.94 bits per heavy atom. The first kappa shape index (κ1) is 21.8. The summed E-state index contributed by atoms with van der Waals surface area (Å²) in [6.45, 7) is 1.99. The van der Waals surface area contributed by atoms with Gasteiger partial charge in [0.25, 0.3) is 0 Å². The van der Waals surface area contributed by atoms with E-state index in [1.807, 2.05) is 6.92 Å². The highest BCUT2D eigenvalue weighted by Gasteiger charge is 2.43. The van der Waals surface area contributed by atoms with Crippen LogP contribution in [0.4, 0.5) is 24.8 Å². The number of methoxy groups -OCH3 is 1. The molecule has 2 aromatic carbocycles. The molecule has 11 heteroatoms. The maximum Gasteiger partial charge on any atom is 0.586 e. The van der Waals surface area contributed by atoms with Gasteiger partial charge in [0.1, 0.15) is 5.82 Å². The number of benzene rings is 2. The Kier molecular flexibility index (Phi) is 5.64. The van der Waals surface area contributed by atoms with Crippen LogP contribution in [0.25, 0.3) is 0 Å². The number of halogens is 4. The fraction of sp³-hybridized carbons (Fsp3) is 0.238. The number of anilines is 2. The third-order valence-corrected chi connectivity index (χ3v) is 5.06. The van der Waals surface area contributed by atoms with Gasteiger partial charge in [-0.25, -0.2) is 4.39 Å². The van der Waals surface area contributed by atoms with Crippen LogP contribution in [-0.2, 0) is 13.0 Å². The van der Waals surface area contributed by atoms with E-state index in [0.717, 1.165) is 0 Å². The molecule has 3 aromatic rings. The van der Waals surface area contributed by atoms with Crippen LogP contribution in [0.15, 0.2) is 41.3 Å². The maximum atomic E-state index is 13.5. The molecule has 0 amide bonds. The van der Waals surface area contributed by atoms with Crippen molar-refractivity contribution in [1.82, 2.24) is 9.55 Å². The summed E-state index contributed by atoms with van der Waals surface area (Å²) in [6, 6.07) is 7.00. The molecule has 168 valence electrons. The Morgan fingerprint density at radius 3 is 2.59 bits per heavy atom. The number of rotatable bonds is 6. The molecule has 2 heterocycles. The van der Waals surface area contributed by atoms with Gasteiger partial charge >= 0.3 is 11.9 Å². The molecule has 0 bridgehead atoms. The molecule has 1 aliphatic heterocycles. The highest BCUT2D eigenvalue weighted by atomic mass is 35.5. The minimum atomic E-state index is -3.76. The van der Waals surface area contributed by atoms with Crippen molar-refractivity contribution in [1.29, 1.82) is 0 Å². The van der Waals surface area contributed by atoms with E-state index in [-0.39, 0.29) is 34.8 Å². The normalized spacial score (nSPS) is 13.8. The van der Waals surface area contributed by atoms with E-state index in [1.54, 1.807) is 4.57 Å². The van der Waals surface area contributed by atoms with Gasteiger partial charge in [-0.15, -0.1) is 8.78 Å². The zero-order valence-corrected chi connectivity index (χ0v) is 17.7. The topological polar surface area (TPSA) is 74.6 Å². The largest absolute Gasteiger partial charge is 0.586 e. The predicted octanol–water partition coefficient (Wildman–Crippen LogP) is 4.72. The lowest BCUT2D eigenvalue weighted by Crippen LogP contribution is -2.25. The van der Waals surface area contributed by atoms with Crippen LogP contribution in [0.3, 0.4) is 0 Å². The summed E-state index contributed by atoms with van der Waals surface area (Å²) in [5, 5.41) is 2.94. The first-order chi connectivity index (χ1) is 15.2. The van der Waals surface area contributed by atoms with Crippen LogP contribution in [-0.4, -0.2) is 23.0 Å². The predicted molar refractivity (Wildman–Crippen MR) is 111 cm³/mol. The maximum absolute atomic E-state index is 13.5. The van der Waals surface area contributed by atoms with Crippen LogP contribution in [0.1, 0.15) is 18.1 Å². The van der Waals surface area contributed by atoms with Gasteiger partial charge in [0.05, 0.1) is 24.9 Å². The summed E-state index contributed by atoms with van der Waals surface area (Å²) in [5.74, 6) is -0.698. The standard InChI is InChI=1S/C21H17ClF3N3O4/c1-3-12-7-16-17(32-21(24,25)31-16)8-15(12)26-20-27-19(29)18(30-2)10-28(20)9-11-4-5-14(23)13(22)6-11/h4-8,10H,3,9H2,1-2H3,(H,26,27,29). The number of ether oxygens (including phenoxy) is 3. The molecular formula is C21H17ClF3N3O4. The van der Waals surface area contributed by atoms with Crippen molar-refractivity contribution in [2.24, 2.45) is 0 Å². The Morgan fingerprint density at radius 1 is 1.22 bits per heavy atom. The zero-order chi connectivity index (χ0) is 23.0. The van der Waals surface area contributed by atoms with Crippen molar-refractivity contribution >= 4 is 23.2 Å². The molecule has 1 N–H and O–H groups in total. The van der Waals surface area contributed by atoms with Crippen molar-refractivity contribution in [2.75, 3.05) is 12.4 Å². The number of aromatic nitrogens is 2. The molecule has 0 radical (unpaired) electrons. The molecular weight excluding hydrogens is 451 g/mol. The van der Waals surface area contributed by atoms with Gasteiger partial charge in [0.2, 0.25) is 11.7 Å². The Labute approximate surface area is 185 Å². The third-order valence-electron chi connectivity index (χ3n) is 4.77. The molecule has 0 spiro atoms. The molecule has 4 rings (SSSR count). The average Bonchev–Trinajstić information content (AvgIpc) is 3.04. The monoisotopic (exact) mass is 467 g/mol. The Balaban J connectivity index is 1.74. The molecule has 0 aliphatic carbocycles. The van der Waals surface area contributed by atoms with Crippen molar-refractivity contribution in [2.45, 2.75) is 26.2 Å². The fourth-order valence-corrected chi connectivity index (χ4v) is 3.44. The summed E-state index contributed by atoms with van der Waals surface area (Å²) in [4.78, 5) is 16.3. The molecule has 32 heavy (non-hydrogen) atoms. The number of fused-ring (bicyclic) bond motifs is 1. The van der Waals surface area contributed by atoms with E-state index >= 15 is 0 Å². The first-order valence-corrected chi connectivity index (χ1v) is 9.86. The molecule has 0 saturated heterocycles. The molecule has 0 fully saturated rings. The lowest BCUT2D eigenvalue weighted by Gasteiger charge is -2.17. The first-order valence-electron chi connectivity index (χ1n) is 9.48. The second kappa shape index (κ2) is 8.27. The second-order valence-corrected chi connectivity index (χ2v) is 7.32. The van der Waals surface area contributed by atoms with Crippen LogP contribution in [0.2, 0.25) is 5.02 Å². The average molecular weight is 468 g/mol. The van der Waals surface area contributed by atoms with Gasteiger partial charge in [-0.1, -0.05) is 24.6 Å². The number of hydrogen-bond donors (Lipinski definition) is 1. The van der Waals surface area contributed by atoms with Gasteiger partial charge in [-0.05, 0) is 35.7 Å². The zero-order valence-electron chi connectivity index (χ0n) is 16.9. The highest BCUT2D eigenvalue weighted by Crippen LogP contribution is 2.44. The summed E-state index contributed by atoms with van der Waals surface area (Å²) in [7, 11) is 1.33. The van der Waals surface area contributed by atoms with Crippen molar-refractivity contribution < 1.29 is 27.4 Å². The number of aryl methyl sites for hydroxylation is 1. The van der Waals surface area contributed by atoms with Crippen molar-refractivity contribution in [3.63, 3.8) is 0 Å². The van der Waals surface area contributed by atoms with E-state index in [9.17, 15) is 18.0 Å². The summed E-state index contributed by atoms with van der Waals surface area (Å²) < 4.78 is 56.1. The number of alkyl halides is 2. The minimum Gasteiger partial charge on any atom is -0.490 e. The lowest BCUT2D eigenvalue weighted by atomic mass is 10.1. The van der Waals surface area contributed by atoms with Gasteiger partial charge < -0.3 is 24.1 Å². The highest BCUT2D eigenvalue weighted by molar-refractivity contribution is 6.30. The van der Waals surface area contributed by atoms with Crippen molar-refractivity contribution in [3.05, 3.63) is 68.8 Å². The van der Waals surface area contributed by atoms with Gasteiger partial charge in [-0.3, -0.25) is 4.79 Å². The summed E-state index contributed by atoms with van der Waals surface area (Å²) in [5.41, 5.74) is 1.03. The molecule has 1 aliphatic rings. The number of nitrogens with one attached hydrogen (secondary N) is 1. The third kappa shape index (κ3) is 4.31. The molecule has 0 saturated carbocycles. The fourth-order valence-electron chi connectivity index (χ4n) is 3.24. The van der Waals surface area contributed by atoms with Gasteiger partial charge in [0, 0.05) is 11.8 Å².